The van der Waals surface area contributed by atoms with E-state index in [1.807, 2.05) is 16.8 Å². The number of fused-ring (bicyclic) bond motifs is 1. The molecular formula is C19H16N4OS3. The molecule has 0 radical (unpaired) electrons. The van der Waals surface area contributed by atoms with Gasteiger partial charge in [0.05, 0.1) is 11.4 Å². The van der Waals surface area contributed by atoms with Crippen LogP contribution in [0.25, 0.3) is 21.5 Å². The first-order valence-electron chi connectivity index (χ1n) is 8.24. The fourth-order valence-corrected chi connectivity index (χ4v) is 4.85. The van der Waals surface area contributed by atoms with E-state index < -0.39 is 0 Å². The lowest BCUT2D eigenvalue weighted by Gasteiger charge is -2.03. The summed E-state index contributed by atoms with van der Waals surface area (Å²) in [5, 5.41) is 9.25. The molecule has 0 aliphatic rings. The summed E-state index contributed by atoms with van der Waals surface area (Å²) in [7, 11) is 0. The minimum absolute atomic E-state index is 0.0945. The molecule has 3 aromatic heterocycles. The summed E-state index contributed by atoms with van der Waals surface area (Å²) in [6.07, 6.45) is 1.54. The number of aryl methyl sites for hydroxylation is 2. The third-order valence-electron chi connectivity index (χ3n) is 4.12. The van der Waals surface area contributed by atoms with Gasteiger partial charge >= 0.3 is 0 Å². The van der Waals surface area contributed by atoms with E-state index in [1.54, 1.807) is 11.3 Å². The Labute approximate surface area is 168 Å². The second-order valence-electron chi connectivity index (χ2n) is 5.99. The molecule has 27 heavy (non-hydrogen) atoms. The normalized spacial score (nSPS) is 11.0. The van der Waals surface area contributed by atoms with Crippen LogP contribution in [0, 0.1) is 13.8 Å². The number of carbonyl (C=O) groups excluding carboxylic acids is 1. The van der Waals surface area contributed by atoms with Gasteiger partial charge < -0.3 is 5.32 Å². The Morgan fingerprint density at radius 1 is 1.15 bits per heavy atom. The molecule has 5 nitrogen and oxygen atoms in total. The Kier molecular flexibility index (Phi) is 5.20. The molecule has 0 spiro atoms. The first-order chi connectivity index (χ1) is 13.1. The lowest BCUT2D eigenvalue weighted by Crippen LogP contribution is -2.13. The zero-order valence-corrected chi connectivity index (χ0v) is 17.2. The summed E-state index contributed by atoms with van der Waals surface area (Å²) < 4.78 is 0. The molecule has 1 aromatic carbocycles. The highest BCUT2D eigenvalue weighted by atomic mass is 32.2. The molecule has 0 unspecified atom stereocenters. The van der Waals surface area contributed by atoms with E-state index in [-0.39, 0.29) is 11.7 Å². The largest absolute Gasteiger partial charge is 0.301 e. The SMILES string of the molecule is Cc1ccc(-c2csc(NC(=O)CSc3ncnc4sccc34)n2)cc1C. The average Bonchev–Trinajstić information content (AvgIpc) is 3.31. The number of anilines is 1. The van der Waals surface area contributed by atoms with Crippen molar-refractivity contribution in [2.75, 3.05) is 11.1 Å². The molecule has 0 atom stereocenters. The van der Waals surface area contributed by atoms with E-state index >= 15 is 0 Å². The van der Waals surface area contributed by atoms with Gasteiger partial charge in [-0.15, -0.1) is 22.7 Å². The standard InChI is InChI=1S/C19H16N4OS3/c1-11-3-4-13(7-12(11)2)15-8-27-19(22-15)23-16(24)9-26-18-14-5-6-25-17(14)20-10-21-18/h3-8,10H,9H2,1-2H3,(H,22,23,24). The second-order valence-corrected chi connectivity index (χ2v) is 8.71. The van der Waals surface area contributed by atoms with Gasteiger partial charge in [-0.3, -0.25) is 4.79 Å². The van der Waals surface area contributed by atoms with E-state index in [9.17, 15) is 4.79 Å². The van der Waals surface area contributed by atoms with Crippen molar-refractivity contribution in [1.82, 2.24) is 15.0 Å². The molecule has 4 rings (SSSR count). The number of hydrogen-bond acceptors (Lipinski definition) is 7. The van der Waals surface area contributed by atoms with Crippen LogP contribution in [0.4, 0.5) is 5.13 Å². The highest BCUT2D eigenvalue weighted by Crippen LogP contribution is 2.29. The van der Waals surface area contributed by atoms with Crippen LogP contribution in [0.3, 0.4) is 0 Å². The third kappa shape index (κ3) is 4.02. The van der Waals surface area contributed by atoms with E-state index in [0.717, 1.165) is 26.5 Å². The fraction of sp³-hybridized carbons (Fsp3) is 0.158. The first-order valence-corrected chi connectivity index (χ1v) is 11.0. The second kappa shape index (κ2) is 7.75. The third-order valence-corrected chi connectivity index (χ3v) is 6.70. The number of nitrogens with zero attached hydrogens (tertiary/aromatic N) is 3. The van der Waals surface area contributed by atoms with Gasteiger partial charge in [-0.2, -0.15) is 0 Å². The Balaban J connectivity index is 1.41. The zero-order valence-electron chi connectivity index (χ0n) is 14.7. The maximum Gasteiger partial charge on any atom is 0.236 e. The Bertz CT molecular complexity index is 1120. The minimum Gasteiger partial charge on any atom is -0.301 e. The van der Waals surface area contributed by atoms with Gasteiger partial charge in [-0.25, -0.2) is 15.0 Å². The van der Waals surface area contributed by atoms with Crippen LogP contribution in [-0.4, -0.2) is 26.6 Å². The summed E-state index contributed by atoms with van der Waals surface area (Å²) in [6, 6.07) is 8.25. The van der Waals surface area contributed by atoms with Gasteiger partial charge in [0.2, 0.25) is 5.91 Å². The molecule has 0 saturated heterocycles. The van der Waals surface area contributed by atoms with Crippen LogP contribution >= 0.6 is 34.4 Å². The van der Waals surface area contributed by atoms with Crippen LogP contribution in [0.1, 0.15) is 11.1 Å². The van der Waals surface area contributed by atoms with Crippen LogP contribution < -0.4 is 5.32 Å². The Hall–Kier alpha value is -2.29. The van der Waals surface area contributed by atoms with E-state index in [4.69, 9.17) is 0 Å². The molecule has 0 bridgehead atoms. The molecule has 0 saturated carbocycles. The maximum absolute atomic E-state index is 12.3. The van der Waals surface area contributed by atoms with Crippen LogP contribution in [-0.2, 0) is 4.79 Å². The molecule has 1 amide bonds. The summed E-state index contributed by atoms with van der Waals surface area (Å²) in [6.45, 7) is 4.17. The number of aromatic nitrogens is 3. The van der Waals surface area contributed by atoms with E-state index in [0.29, 0.717) is 5.13 Å². The average molecular weight is 413 g/mol. The lowest BCUT2D eigenvalue weighted by atomic mass is 10.1. The number of nitrogens with one attached hydrogen (secondary N) is 1. The number of carbonyl (C=O) groups is 1. The minimum atomic E-state index is -0.0945. The summed E-state index contributed by atoms with van der Waals surface area (Å²) in [5.41, 5.74) is 4.42. The van der Waals surface area contributed by atoms with Crippen molar-refractivity contribution in [1.29, 1.82) is 0 Å². The van der Waals surface area contributed by atoms with Crippen molar-refractivity contribution in [3.05, 3.63) is 52.5 Å². The van der Waals surface area contributed by atoms with Crippen LogP contribution in [0.2, 0.25) is 0 Å². The van der Waals surface area contributed by atoms with Crippen LogP contribution in [0.15, 0.2) is 46.4 Å². The van der Waals surface area contributed by atoms with Crippen molar-refractivity contribution < 1.29 is 4.79 Å². The predicted octanol–water partition coefficient (Wildman–Crippen LogP) is 5.16. The topological polar surface area (TPSA) is 67.8 Å². The fourth-order valence-electron chi connectivity index (χ4n) is 2.54. The molecule has 0 aliphatic carbocycles. The van der Waals surface area contributed by atoms with Gasteiger partial charge in [0.1, 0.15) is 16.2 Å². The molecular weight excluding hydrogens is 396 g/mol. The first kappa shape index (κ1) is 18.1. The molecule has 4 aromatic rings. The summed E-state index contributed by atoms with van der Waals surface area (Å²) in [4.78, 5) is 26.3. The number of hydrogen-bond donors (Lipinski definition) is 1. The molecule has 136 valence electrons. The highest BCUT2D eigenvalue weighted by molar-refractivity contribution is 8.00. The Morgan fingerprint density at radius 2 is 2.04 bits per heavy atom. The van der Waals surface area contributed by atoms with Gasteiger partial charge in [0.15, 0.2) is 5.13 Å². The summed E-state index contributed by atoms with van der Waals surface area (Å²) in [5.74, 6) is 0.184. The number of amides is 1. The Morgan fingerprint density at radius 3 is 2.89 bits per heavy atom. The van der Waals surface area contributed by atoms with Gasteiger partial charge in [-0.1, -0.05) is 23.9 Å². The number of rotatable bonds is 5. The number of thiophene rings is 1. The highest BCUT2D eigenvalue weighted by Gasteiger charge is 2.11. The molecule has 8 heteroatoms. The van der Waals surface area contributed by atoms with E-state index in [1.165, 1.54) is 40.6 Å². The van der Waals surface area contributed by atoms with Crippen molar-refractivity contribution in [2.45, 2.75) is 18.9 Å². The molecule has 1 N–H and O–H groups in total. The summed E-state index contributed by atoms with van der Waals surface area (Å²) >= 11 is 4.41. The maximum atomic E-state index is 12.3. The predicted molar refractivity (Wildman–Crippen MR) is 114 cm³/mol. The van der Waals surface area contributed by atoms with Gasteiger partial charge in [0.25, 0.3) is 0 Å². The van der Waals surface area contributed by atoms with Crippen molar-refractivity contribution in [3.8, 4) is 11.3 Å². The quantitative estimate of drug-likeness (QED) is 0.362. The lowest BCUT2D eigenvalue weighted by molar-refractivity contribution is -0.113. The van der Waals surface area contributed by atoms with Gasteiger partial charge in [0, 0.05) is 16.3 Å². The molecule has 0 aliphatic heterocycles. The smallest absolute Gasteiger partial charge is 0.236 e. The zero-order chi connectivity index (χ0) is 18.8. The van der Waals surface area contributed by atoms with Gasteiger partial charge in [-0.05, 0) is 42.5 Å². The number of thioether (sulfide) groups is 1. The van der Waals surface area contributed by atoms with Crippen molar-refractivity contribution in [2.24, 2.45) is 0 Å². The number of thiazole rings is 1. The number of benzene rings is 1. The van der Waals surface area contributed by atoms with E-state index in [2.05, 4.69) is 52.3 Å². The molecule has 0 fully saturated rings. The van der Waals surface area contributed by atoms with Crippen LogP contribution in [0.5, 0.6) is 0 Å². The van der Waals surface area contributed by atoms with Crippen molar-refractivity contribution in [3.63, 3.8) is 0 Å². The van der Waals surface area contributed by atoms with Crippen molar-refractivity contribution >= 4 is 55.7 Å². The molecule has 3 heterocycles. The monoisotopic (exact) mass is 412 g/mol.